The van der Waals surface area contributed by atoms with E-state index in [-0.39, 0.29) is 12.5 Å². The molecule has 1 aliphatic carbocycles. The lowest BCUT2D eigenvalue weighted by Crippen LogP contribution is -2.41. The highest BCUT2D eigenvalue weighted by Gasteiger charge is 2.38. The van der Waals surface area contributed by atoms with Crippen molar-refractivity contribution in [2.45, 2.75) is 44.2 Å². The van der Waals surface area contributed by atoms with Crippen LogP contribution in [0.25, 0.3) is 0 Å². The minimum absolute atomic E-state index is 0.142. The van der Waals surface area contributed by atoms with Gasteiger partial charge < -0.3 is 20.4 Å². The van der Waals surface area contributed by atoms with Crippen molar-refractivity contribution in [3.8, 4) is 0 Å². The molecule has 0 bridgehead atoms. The van der Waals surface area contributed by atoms with E-state index < -0.39 is 13.4 Å². The Hall–Kier alpha value is -2.02. The van der Waals surface area contributed by atoms with Crippen LogP contribution in [0.3, 0.4) is 0 Å². The maximum atomic E-state index is 10.9. The van der Waals surface area contributed by atoms with E-state index in [4.69, 9.17) is 20.4 Å². The number of phosphoric ester groups is 1. The summed E-state index contributed by atoms with van der Waals surface area (Å²) < 4.78 is 15.6. The second-order valence-electron chi connectivity index (χ2n) is 7.62. The normalized spacial score (nSPS) is 22.6. The standard InChI is InChI=1S/C21H27N2O5P/c1-16(23-27-14-17-5-3-2-4-6-17)18-7-9-19(10-8-18)20-11-12-21(22,13-20)15-28-29(24,25)26/h2-10,20H,11-15,22H2,1H3,(H2,24,25,26)/t20-,21-/m1/s1. The number of nitrogens with two attached hydrogens (primary N) is 1. The lowest BCUT2D eigenvalue weighted by Gasteiger charge is -2.24. The molecular weight excluding hydrogens is 391 g/mol. The Bertz CT molecular complexity index is 882. The van der Waals surface area contributed by atoms with Gasteiger partial charge in [-0.15, -0.1) is 0 Å². The van der Waals surface area contributed by atoms with Crippen molar-refractivity contribution in [1.82, 2.24) is 0 Å². The van der Waals surface area contributed by atoms with E-state index in [1.165, 1.54) is 0 Å². The van der Waals surface area contributed by atoms with Gasteiger partial charge >= 0.3 is 7.82 Å². The number of hydrogen-bond acceptors (Lipinski definition) is 5. The molecule has 156 valence electrons. The smallest absolute Gasteiger partial charge is 0.391 e. The van der Waals surface area contributed by atoms with Crippen LogP contribution < -0.4 is 5.73 Å². The third-order valence-electron chi connectivity index (χ3n) is 5.24. The van der Waals surface area contributed by atoms with E-state index in [2.05, 4.69) is 9.68 Å². The van der Waals surface area contributed by atoms with Gasteiger partial charge in [0.25, 0.3) is 0 Å². The molecule has 3 rings (SSSR count). The summed E-state index contributed by atoms with van der Waals surface area (Å²) in [5, 5.41) is 4.19. The Kier molecular flexibility index (Phi) is 6.88. The van der Waals surface area contributed by atoms with Crippen molar-refractivity contribution in [3.05, 3.63) is 71.3 Å². The van der Waals surface area contributed by atoms with Crippen molar-refractivity contribution in [2.24, 2.45) is 10.9 Å². The van der Waals surface area contributed by atoms with Crippen LogP contribution in [0.2, 0.25) is 0 Å². The maximum absolute atomic E-state index is 10.9. The Morgan fingerprint density at radius 2 is 1.90 bits per heavy atom. The molecule has 1 fully saturated rings. The van der Waals surface area contributed by atoms with E-state index in [1.807, 2.05) is 61.5 Å². The zero-order chi connectivity index (χ0) is 20.9. The van der Waals surface area contributed by atoms with Gasteiger partial charge in [-0.3, -0.25) is 4.52 Å². The number of nitrogens with zero attached hydrogens (tertiary/aromatic N) is 1. The molecule has 0 heterocycles. The minimum Gasteiger partial charge on any atom is -0.391 e. The molecule has 0 saturated heterocycles. The molecule has 8 heteroatoms. The van der Waals surface area contributed by atoms with E-state index in [0.29, 0.717) is 19.4 Å². The number of oxime groups is 1. The van der Waals surface area contributed by atoms with Gasteiger partial charge in [0.1, 0.15) is 6.61 Å². The average Bonchev–Trinajstić information content (AvgIpc) is 3.10. The van der Waals surface area contributed by atoms with Gasteiger partial charge in [0.15, 0.2) is 0 Å². The molecule has 29 heavy (non-hydrogen) atoms. The van der Waals surface area contributed by atoms with Gasteiger partial charge in [-0.1, -0.05) is 59.8 Å². The van der Waals surface area contributed by atoms with Crippen LogP contribution in [0.4, 0.5) is 0 Å². The van der Waals surface area contributed by atoms with Crippen molar-refractivity contribution in [3.63, 3.8) is 0 Å². The van der Waals surface area contributed by atoms with Gasteiger partial charge in [0.05, 0.1) is 12.3 Å². The maximum Gasteiger partial charge on any atom is 0.469 e. The third-order valence-corrected chi connectivity index (χ3v) is 5.70. The Labute approximate surface area is 170 Å². The molecule has 0 aliphatic heterocycles. The Morgan fingerprint density at radius 3 is 2.55 bits per heavy atom. The van der Waals surface area contributed by atoms with Crippen LogP contribution >= 0.6 is 7.82 Å². The highest BCUT2D eigenvalue weighted by Crippen LogP contribution is 2.43. The SMILES string of the molecule is CC(=NOCc1ccccc1)c1ccc([C@@H]2CC[C@](N)(COP(=O)(O)O)C2)cc1. The predicted octanol–water partition coefficient (Wildman–Crippen LogP) is 3.70. The second-order valence-corrected chi connectivity index (χ2v) is 8.86. The first-order chi connectivity index (χ1) is 13.7. The minimum atomic E-state index is -4.50. The Morgan fingerprint density at radius 1 is 1.21 bits per heavy atom. The van der Waals surface area contributed by atoms with Crippen LogP contribution in [0.15, 0.2) is 59.8 Å². The summed E-state index contributed by atoms with van der Waals surface area (Å²) in [7, 11) is -4.50. The lowest BCUT2D eigenvalue weighted by molar-refractivity contribution is 0.130. The van der Waals surface area contributed by atoms with Crippen LogP contribution in [-0.2, 0) is 20.5 Å². The summed E-state index contributed by atoms with van der Waals surface area (Å²) in [5.74, 6) is 0.237. The molecule has 0 aromatic heterocycles. The topological polar surface area (TPSA) is 114 Å². The highest BCUT2D eigenvalue weighted by molar-refractivity contribution is 7.46. The molecule has 7 nitrogen and oxygen atoms in total. The molecule has 1 saturated carbocycles. The van der Waals surface area contributed by atoms with Crippen LogP contribution in [0, 0.1) is 0 Å². The molecule has 0 spiro atoms. The first-order valence-corrected chi connectivity index (χ1v) is 11.1. The molecule has 4 N–H and O–H groups in total. The molecule has 1 aliphatic rings. The van der Waals surface area contributed by atoms with Crippen LogP contribution in [0.1, 0.15) is 48.8 Å². The summed E-state index contributed by atoms with van der Waals surface area (Å²) >= 11 is 0. The largest absolute Gasteiger partial charge is 0.469 e. The Balaban J connectivity index is 1.56. The quantitative estimate of drug-likeness (QED) is 0.342. The molecular formula is C21H27N2O5P. The number of hydrogen-bond donors (Lipinski definition) is 3. The fourth-order valence-electron chi connectivity index (χ4n) is 3.61. The summed E-state index contributed by atoms with van der Waals surface area (Å²) in [6.07, 6.45) is 2.14. The first-order valence-electron chi connectivity index (χ1n) is 9.54. The van der Waals surface area contributed by atoms with Crippen molar-refractivity contribution < 1.29 is 23.7 Å². The first kappa shape index (κ1) is 21.7. The predicted molar refractivity (Wildman–Crippen MR) is 111 cm³/mol. The number of benzene rings is 2. The molecule has 0 unspecified atom stereocenters. The summed E-state index contributed by atoms with van der Waals surface area (Å²) in [4.78, 5) is 23.2. The summed E-state index contributed by atoms with van der Waals surface area (Å²) in [5.41, 5.74) is 9.54. The van der Waals surface area contributed by atoms with E-state index >= 15 is 0 Å². The van der Waals surface area contributed by atoms with E-state index in [1.54, 1.807) is 0 Å². The molecule has 2 atom stereocenters. The van der Waals surface area contributed by atoms with Crippen LogP contribution in [0.5, 0.6) is 0 Å². The van der Waals surface area contributed by atoms with Crippen molar-refractivity contribution >= 4 is 13.5 Å². The zero-order valence-electron chi connectivity index (χ0n) is 16.4. The fourth-order valence-corrected chi connectivity index (χ4v) is 4.04. The van der Waals surface area contributed by atoms with Gasteiger partial charge in [-0.2, -0.15) is 0 Å². The summed E-state index contributed by atoms with van der Waals surface area (Å²) in [6.45, 7) is 2.18. The van der Waals surface area contributed by atoms with Gasteiger partial charge in [0.2, 0.25) is 0 Å². The highest BCUT2D eigenvalue weighted by atomic mass is 31.2. The molecule has 0 radical (unpaired) electrons. The average molecular weight is 418 g/mol. The van der Waals surface area contributed by atoms with Crippen molar-refractivity contribution in [2.75, 3.05) is 6.61 Å². The molecule has 2 aromatic carbocycles. The van der Waals surface area contributed by atoms with Gasteiger partial charge in [0, 0.05) is 5.54 Å². The fraction of sp³-hybridized carbons (Fsp3) is 0.381. The van der Waals surface area contributed by atoms with Crippen LogP contribution in [-0.4, -0.2) is 27.6 Å². The number of rotatable bonds is 8. The van der Waals surface area contributed by atoms with Gasteiger partial charge in [-0.25, -0.2) is 4.57 Å². The second kappa shape index (κ2) is 9.20. The van der Waals surface area contributed by atoms with Crippen molar-refractivity contribution in [1.29, 1.82) is 0 Å². The van der Waals surface area contributed by atoms with Gasteiger partial charge in [-0.05, 0) is 48.8 Å². The number of phosphoric acid groups is 1. The molecule has 0 amide bonds. The van der Waals surface area contributed by atoms with E-state index in [9.17, 15) is 4.57 Å². The lowest BCUT2D eigenvalue weighted by atomic mass is 9.93. The van der Waals surface area contributed by atoms with E-state index in [0.717, 1.165) is 28.8 Å². The monoisotopic (exact) mass is 418 g/mol. The zero-order valence-corrected chi connectivity index (χ0v) is 17.3. The molecule has 2 aromatic rings. The third kappa shape index (κ3) is 6.49. The summed E-state index contributed by atoms with van der Waals surface area (Å²) in [6, 6.07) is 18.0.